The number of carbonyl (C=O) groups is 1. The number of amides is 1. The predicted molar refractivity (Wildman–Crippen MR) is 129 cm³/mol. The molecule has 174 valence electrons. The summed E-state index contributed by atoms with van der Waals surface area (Å²) in [6.45, 7) is -0.477. The lowest BCUT2D eigenvalue weighted by Crippen LogP contribution is -2.33. The van der Waals surface area contributed by atoms with E-state index >= 15 is 0 Å². The molecule has 0 radical (unpaired) electrons. The number of hydrogen-bond acceptors (Lipinski definition) is 5. The topological polar surface area (TPSA) is 93.7 Å². The van der Waals surface area contributed by atoms with Gasteiger partial charge in [0.05, 0.1) is 25.7 Å². The average Bonchev–Trinajstić information content (AvgIpc) is 2.80. The highest BCUT2D eigenvalue weighted by Crippen LogP contribution is 2.29. The van der Waals surface area contributed by atoms with E-state index in [-0.39, 0.29) is 10.6 Å². The third kappa shape index (κ3) is 6.39. The summed E-state index contributed by atoms with van der Waals surface area (Å²) in [5, 5.41) is 3.75. The second-order valence-electron chi connectivity index (χ2n) is 6.96. The van der Waals surface area contributed by atoms with Crippen molar-refractivity contribution in [2.24, 2.45) is 0 Å². The highest BCUT2D eigenvalue weighted by Gasteiger charge is 2.19. The Labute approximate surface area is 202 Å². The minimum atomic E-state index is -3.97. The Hall–Kier alpha value is -2.78. The second kappa shape index (κ2) is 10.9. The Kier molecular flexibility index (Phi) is 8.20. The highest BCUT2D eigenvalue weighted by atomic mass is 35.5. The molecule has 3 aromatic rings. The average molecular weight is 509 g/mol. The molecule has 10 heteroatoms. The van der Waals surface area contributed by atoms with E-state index in [9.17, 15) is 13.2 Å². The molecule has 3 rings (SSSR count). The summed E-state index contributed by atoms with van der Waals surface area (Å²) in [5.41, 5.74) is 2.13. The van der Waals surface area contributed by atoms with E-state index in [0.717, 1.165) is 11.1 Å². The molecular formula is C23H22Cl2N2O5S. The summed E-state index contributed by atoms with van der Waals surface area (Å²) in [4.78, 5) is 12.5. The number of sulfonamides is 1. The summed E-state index contributed by atoms with van der Waals surface area (Å²) in [6.07, 6.45) is 0.462. The van der Waals surface area contributed by atoms with E-state index < -0.39 is 22.5 Å². The van der Waals surface area contributed by atoms with Crippen molar-refractivity contribution in [3.63, 3.8) is 0 Å². The van der Waals surface area contributed by atoms with Crippen LogP contribution < -0.4 is 19.5 Å². The van der Waals surface area contributed by atoms with E-state index in [1.165, 1.54) is 32.4 Å². The van der Waals surface area contributed by atoms with E-state index in [1.807, 2.05) is 18.2 Å². The maximum Gasteiger partial charge on any atom is 0.241 e. The van der Waals surface area contributed by atoms with Crippen molar-refractivity contribution in [3.8, 4) is 11.5 Å². The van der Waals surface area contributed by atoms with Crippen LogP contribution in [0.1, 0.15) is 11.1 Å². The van der Waals surface area contributed by atoms with Gasteiger partial charge < -0.3 is 14.8 Å². The van der Waals surface area contributed by atoms with Gasteiger partial charge in [0, 0.05) is 28.2 Å². The first-order valence-corrected chi connectivity index (χ1v) is 12.0. The van der Waals surface area contributed by atoms with Gasteiger partial charge in [-0.05, 0) is 41.5 Å². The van der Waals surface area contributed by atoms with Gasteiger partial charge in [-0.25, -0.2) is 13.1 Å². The van der Waals surface area contributed by atoms with Crippen LogP contribution in [0.4, 0.5) is 5.69 Å². The van der Waals surface area contributed by atoms with Crippen molar-refractivity contribution >= 4 is 44.8 Å². The summed E-state index contributed by atoms with van der Waals surface area (Å²) < 4.78 is 37.8. The van der Waals surface area contributed by atoms with E-state index in [0.29, 0.717) is 27.9 Å². The lowest BCUT2D eigenvalue weighted by Gasteiger charge is -2.14. The minimum absolute atomic E-state index is 0.0601. The van der Waals surface area contributed by atoms with Crippen molar-refractivity contribution in [1.82, 2.24) is 4.72 Å². The molecule has 7 nitrogen and oxygen atoms in total. The molecule has 3 aromatic carbocycles. The molecule has 0 aliphatic heterocycles. The Bertz CT molecular complexity index is 1270. The maximum atomic E-state index is 12.6. The van der Waals surface area contributed by atoms with Crippen LogP contribution in [0.25, 0.3) is 0 Å². The SMILES string of the molecule is COc1ccc(S(=O)(=O)NCC(=O)Nc2cc(Cl)ccc2Cc2ccccc2Cl)cc1OC. The fourth-order valence-corrected chi connectivity index (χ4v) is 4.46. The number of halogens is 2. The van der Waals surface area contributed by atoms with Gasteiger partial charge >= 0.3 is 0 Å². The predicted octanol–water partition coefficient (Wildman–Crippen LogP) is 4.52. The van der Waals surface area contributed by atoms with E-state index in [4.69, 9.17) is 32.7 Å². The smallest absolute Gasteiger partial charge is 0.241 e. The molecule has 0 aliphatic rings. The minimum Gasteiger partial charge on any atom is -0.493 e. The largest absolute Gasteiger partial charge is 0.493 e. The lowest BCUT2D eigenvalue weighted by atomic mass is 10.0. The standard InChI is InChI=1S/C23H22Cl2N2O5S/c1-31-21-10-9-18(13-22(21)32-2)33(29,30)26-14-23(28)27-20-12-17(24)8-7-16(20)11-15-5-3-4-6-19(15)25/h3-10,12-13,26H,11,14H2,1-2H3,(H,27,28). The molecule has 0 fully saturated rings. The quantitative estimate of drug-likeness (QED) is 0.443. The zero-order chi connectivity index (χ0) is 24.0. The van der Waals surface area contributed by atoms with Gasteiger partial charge in [0.25, 0.3) is 0 Å². The molecule has 33 heavy (non-hydrogen) atoms. The van der Waals surface area contributed by atoms with Gasteiger partial charge in [0.2, 0.25) is 15.9 Å². The third-order valence-electron chi connectivity index (χ3n) is 4.77. The second-order valence-corrected chi connectivity index (χ2v) is 9.57. The molecule has 0 bridgehead atoms. The zero-order valence-corrected chi connectivity index (χ0v) is 20.2. The van der Waals surface area contributed by atoms with Crippen LogP contribution in [0, 0.1) is 0 Å². The molecule has 0 spiro atoms. The van der Waals surface area contributed by atoms with Crippen LogP contribution in [-0.2, 0) is 21.2 Å². The number of rotatable bonds is 9. The highest BCUT2D eigenvalue weighted by molar-refractivity contribution is 7.89. The summed E-state index contributed by atoms with van der Waals surface area (Å²) >= 11 is 12.4. The van der Waals surface area contributed by atoms with Crippen LogP contribution in [-0.4, -0.2) is 35.1 Å². The molecule has 1 amide bonds. The normalized spacial score (nSPS) is 11.2. The number of anilines is 1. The number of methoxy groups -OCH3 is 2. The Morgan fingerprint density at radius 3 is 2.33 bits per heavy atom. The molecule has 0 saturated heterocycles. The monoisotopic (exact) mass is 508 g/mol. The fourth-order valence-electron chi connectivity index (χ4n) is 3.09. The fraction of sp³-hybridized carbons (Fsp3) is 0.174. The zero-order valence-electron chi connectivity index (χ0n) is 17.9. The van der Waals surface area contributed by atoms with Gasteiger partial charge in [0.1, 0.15) is 0 Å². The molecule has 0 aliphatic carbocycles. The number of carbonyl (C=O) groups excluding carboxylic acids is 1. The van der Waals surface area contributed by atoms with Gasteiger partial charge in [-0.2, -0.15) is 0 Å². The first-order valence-electron chi connectivity index (χ1n) is 9.77. The van der Waals surface area contributed by atoms with Gasteiger partial charge in [-0.1, -0.05) is 47.5 Å². The molecular weight excluding hydrogens is 487 g/mol. The van der Waals surface area contributed by atoms with Gasteiger partial charge in [-0.3, -0.25) is 4.79 Å². The first-order chi connectivity index (χ1) is 15.7. The van der Waals surface area contributed by atoms with Crippen molar-refractivity contribution in [2.45, 2.75) is 11.3 Å². The Morgan fingerprint density at radius 2 is 1.64 bits per heavy atom. The molecule has 0 heterocycles. The molecule has 0 aromatic heterocycles. The first kappa shape index (κ1) is 24.9. The molecule has 0 unspecified atom stereocenters. The van der Waals surface area contributed by atoms with E-state index in [1.54, 1.807) is 24.3 Å². The van der Waals surface area contributed by atoms with Crippen LogP contribution in [0.5, 0.6) is 11.5 Å². The van der Waals surface area contributed by atoms with Crippen molar-refractivity contribution in [3.05, 3.63) is 81.8 Å². The van der Waals surface area contributed by atoms with Crippen LogP contribution in [0.3, 0.4) is 0 Å². The van der Waals surface area contributed by atoms with Crippen molar-refractivity contribution < 1.29 is 22.7 Å². The molecule has 0 saturated carbocycles. The summed E-state index contributed by atoms with van der Waals surface area (Å²) in [5.74, 6) is 0.0934. The number of hydrogen-bond donors (Lipinski definition) is 2. The van der Waals surface area contributed by atoms with Gasteiger partial charge in [0.15, 0.2) is 11.5 Å². The summed E-state index contributed by atoms with van der Waals surface area (Å²) in [6, 6.07) is 16.6. The molecule has 2 N–H and O–H groups in total. The van der Waals surface area contributed by atoms with Crippen LogP contribution in [0.15, 0.2) is 65.6 Å². The third-order valence-corrected chi connectivity index (χ3v) is 6.78. The molecule has 0 atom stereocenters. The van der Waals surface area contributed by atoms with E-state index in [2.05, 4.69) is 10.0 Å². The number of benzene rings is 3. The number of nitrogens with one attached hydrogen (secondary N) is 2. The van der Waals surface area contributed by atoms with Crippen LogP contribution >= 0.6 is 23.2 Å². The summed E-state index contributed by atoms with van der Waals surface area (Å²) in [7, 11) is -1.12. The Morgan fingerprint density at radius 1 is 0.909 bits per heavy atom. The lowest BCUT2D eigenvalue weighted by molar-refractivity contribution is -0.115. The van der Waals surface area contributed by atoms with Crippen LogP contribution in [0.2, 0.25) is 10.0 Å². The van der Waals surface area contributed by atoms with Gasteiger partial charge in [-0.15, -0.1) is 0 Å². The maximum absolute atomic E-state index is 12.6. The Balaban J connectivity index is 1.72. The van der Waals surface area contributed by atoms with Crippen molar-refractivity contribution in [1.29, 1.82) is 0 Å². The number of ether oxygens (including phenoxy) is 2. The van der Waals surface area contributed by atoms with Crippen molar-refractivity contribution in [2.75, 3.05) is 26.1 Å².